The molecule has 1 heterocycles. The van der Waals surface area contributed by atoms with E-state index in [9.17, 15) is 0 Å². The molecule has 1 unspecified atom stereocenters. The van der Waals surface area contributed by atoms with Crippen LogP contribution < -0.4 is 5.48 Å². The molecule has 0 spiro atoms. The third kappa shape index (κ3) is 2.12. The third-order valence-electron chi connectivity index (χ3n) is 0.937. The van der Waals surface area contributed by atoms with E-state index < -0.39 is 0 Å². The molecule has 0 aromatic carbocycles. The smallest absolute Gasteiger partial charge is 0.0697 e. The summed E-state index contributed by atoms with van der Waals surface area (Å²) >= 11 is 0. The summed E-state index contributed by atoms with van der Waals surface area (Å²) in [5.74, 6) is 0. The van der Waals surface area contributed by atoms with Crippen molar-refractivity contribution < 1.29 is 4.84 Å². The molecular weight excluding hydrogens is 114 g/mol. The Labute approximate surface area is 49.6 Å². The van der Waals surface area contributed by atoms with Crippen LogP contribution in [0.5, 0.6) is 0 Å². The quantitative estimate of drug-likeness (QED) is 0.513. The van der Waals surface area contributed by atoms with E-state index in [-0.39, 0.29) is 12.4 Å². The SMILES string of the molecule is CC1CCON1.Cl. The second kappa shape index (κ2) is 3.24. The first-order valence-corrected chi connectivity index (χ1v) is 2.27. The molecule has 0 bridgehead atoms. The summed E-state index contributed by atoms with van der Waals surface area (Å²) in [6.07, 6.45) is 1.15. The number of hydrogen-bond donors (Lipinski definition) is 1. The van der Waals surface area contributed by atoms with E-state index in [2.05, 4.69) is 12.4 Å². The van der Waals surface area contributed by atoms with Gasteiger partial charge in [0.1, 0.15) is 0 Å². The Morgan fingerprint density at radius 1 is 1.71 bits per heavy atom. The first-order chi connectivity index (χ1) is 2.89. The molecule has 0 aromatic rings. The monoisotopic (exact) mass is 123 g/mol. The van der Waals surface area contributed by atoms with Gasteiger partial charge >= 0.3 is 0 Å². The molecule has 1 fully saturated rings. The van der Waals surface area contributed by atoms with Crippen molar-refractivity contribution in [3.8, 4) is 0 Å². The van der Waals surface area contributed by atoms with E-state index in [1.807, 2.05) is 0 Å². The standard InChI is InChI=1S/C4H9NO.ClH/c1-4-2-3-6-5-4;/h4-5H,2-3H2,1H3;1H. The second-order valence-corrected chi connectivity index (χ2v) is 1.66. The first-order valence-electron chi connectivity index (χ1n) is 2.27. The highest BCUT2D eigenvalue weighted by Gasteiger charge is 2.06. The lowest BCUT2D eigenvalue weighted by Crippen LogP contribution is -2.14. The van der Waals surface area contributed by atoms with Crippen LogP contribution >= 0.6 is 12.4 Å². The Kier molecular flexibility index (Phi) is 3.34. The molecule has 0 aliphatic carbocycles. The molecule has 1 N–H and O–H groups in total. The van der Waals surface area contributed by atoms with Crippen LogP contribution in [0.1, 0.15) is 13.3 Å². The average molecular weight is 124 g/mol. The molecule has 0 radical (unpaired) electrons. The van der Waals surface area contributed by atoms with Crippen LogP contribution in [-0.2, 0) is 4.84 Å². The lowest BCUT2D eigenvalue weighted by Gasteiger charge is -1.92. The van der Waals surface area contributed by atoms with Crippen LogP contribution in [0.2, 0.25) is 0 Å². The van der Waals surface area contributed by atoms with E-state index in [0.717, 1.165) is 13.0 Å². The summed E-state index contributed by atoms with van der Waals surface area (Å²) < 4.78 is 0. The molecule has 0 amide bonds. The first kappa shape index (κ1) is 7.21. The molecule has 1 saturated heterocycles. The van der Waals surface area contributed by atoms with Crippen molar-refractivity contribution >= 4 is 12.4 Å². The molecule has 1 rings (SSSR count). The van der Waals surface area contributed by atoms with Crippen LogP contribution in [0.3, 0.4) is 0 Å². The van der Waals surface area contributed by atoms with Crippen molar-refractivity contribution in [2.45, 2.75) is 19.4 Å². The van der Waals surface area contributed by atoms with Gasteiger partial charge in [-0.3, -0.25) is 0 Å². The number of hydrogen-bond acceptors (Lipinski definition) is 2. The molecule has 0 saturated carbocycles. The molecule has 2 nitrogen and oxygen atoms in total. The molecular formula is C4H10ClNO. The van der Waals surface area contributed by atoms with Gasteiger partial charge in [-0.2, -0.15) is 5.48 Å². The predicted molar refractivity (Wildman–Crippen MR) is 30.4 cm³/mol. The minimum absolute atomic E-state index is 0. The van der Waals surface area contributed by atoms with E-state index in [4.69, 9.17) is 4.84 Å². The van der Waals surface area contributed by atoms with Crippen molar-refractivity contribution in [1.29, 1.82) is 0 Å². The normalized spacial score (nSPS) is 29.6. The van der Waals surface area contributed by atoms with Gasteiger partial charge in [0.15, 0.2) is 0 Å². The Morgan fingerprint density at radius 3 is 2.57 bits per heavy atom. The fourth-order valence-electron chi connectivity index (χ4n) is 0.496. The maximum absolute atomic E-state index is 4.81. The highest BCUT2D eigenvalue weighted by Crippen LogP contribution is 1.96. The Hall–Kier alpha value is 0.210. The number of rotatable bonds is 0. The number of hydroxylamine groups is 1. The molecule has 3 heteroatoms. The van der Waals surface area contributed by atoms with Crippen LogP contribution in [0.4, 0.5) is 0 Å². The third-order valence-corrected chi connectivity index (χ3v) is 0.937. The van der Waals surface area contributed by atoms with Crippen LogP contribution in [-0.4, -0.2) is 12.6 Å². The number of nitrogens with one attached hydrogen (secondary N) is 1. The highest BCUT2D eigenvalue weighted by atomic mass is 35.5. The van der Waals surface area contributed by atoms with Gasteiger partial charge in [-0.15, -0.1) is 12.4 Å². The van der Waals surface area contributed by atoms with Gasteiger partial charge in [0.25, 0.3) is 0 Å². The van der Waals surface area contributed by atoms with E-state index >= 15 is 0 Å². The second-order valence-electron chi connectivity index (χ2n) is 1.66. The van der Waals surface area contributed by atoms with Gasteiger partial charge in [-0.25, -0.2) is 0 Å². The lowest BCUT2D eigenvalue weighted by molar-refractivity contribution is 0.0908. The van der Waals surface area contributed by atoms with Gasteiger partial charge in [-0.1, -0.05) is 0 Å². The number of halogens is 1. The summed E-state index contributed by atoms with van der Waals surface area (Å²) in [6.45, 7) is 2.98. The van der Waals surface area contributed by atoms with Crippen molar-refractivity contribution in [1.82, 2.24) is 5.48 Å². The molecule has 7 heavy (non-hydrogen) atoms. The summed E-state index contributed by atoms with van der Waals surface area (Å²) in [6, 6.07) is 0.574. The van der Waals surface area contributed by atoms with Gasteiger partial charge in [0, 0.05) is 6.04 Å². The molecule has 1 aliphatic rings. The maximum Gasteiger partial charge on any atom is 0.0697 e. The van der Waals surface area contributed by atoms with Gasteiger partial charge in [0.05, 0.1) is 6.61 Å². The van der Waals surface area contributed by atoms with Gasteiger partial charge in [-0.05, 0) is 13.3 Å². The average Bonchev–Trinajstić information content (AvgIpc) is 1.86. The minimum atomic E-state index is 0. The predicted octanol–water partition coefficient (Wildman–Crippen LogP) is 0.722. The van der Waals surface area contributed by atoms with Crippen molar-refractivity contribution in [2.75, 3.05) is 6.61 Å². The zero-order chi connectivity index (χ0) is 4.41. The summed E-state index contributed by atoms with van der Waals surface area (Å²) in [5, 5.41) is 0. The summed E-state index contributed by atoms with van der Waals surface area (Å²) in [7, 11) is 0. The van der Waals surface area contributed by atoms with E-state index in [0.29, 0.717) is 6.04 Å². The van der Waals surface area contributed by atoms with Gasteiger partial charge < -0.3 is 4.84 Å². The molecule has 1 atom stereocenters. The lowest BCUT2D eigenvalue weighted by atomic mass is 10.3. The molecule has 0 aromatic heterocycles. The fraction of sp³-hybridized carbons (Fsp3) is 1.00. The van der Waals surface area contributed by atoms with E-state index in [1.54, 1.807) is 0 Å². The molecule has 1 aliphatic heterocycles. The Morgan fingerprint density at radius 2 is 2.43 bits per heavy atom. The van der Waals surface area contributed by atoms with E-state index in [1.165, 1.54) is 0 Å². The minimum Gasteiger partial charge on any atom is -0.301 e. The van der Waals surface area contributed by atoms with Crippen molar-refractivity contribution in [3.05, 3.63) is 0 Å². The van der Waals surface area contributed by atoms with Gasteiger partial charge in [0.2, 0.25) is 0 Å². The fourth-order valence-corrected chi connectivity index (χ4v) is 0.496. The largest absolute Gasteiger partial charge is 0.301 e. The zero-order valence-electron chi connectivity index (χ0n) is 4.31. The van der Waals surface area contributed by atoms with Crippen LogP contribution in [0.15, 0.2) is 0 Å². The summed E-state index contributed by atoms with van der Waals surface area (Å²) in [4.78, 5) is 4.81. The Balaban J connectivity index is 0.000000360. The zero-order valence-corrected chi connectivity index (χ0v) is 5.12. The Bertz CT molecular complexity index is 45.0. The topological polar surface area (TPSA) is 21.3 Å². The molecule has 44 valence electrons. The van der Waals surface area contributed by atoms with Crippen molar-refractivity contribution in [3.63, 3.8) is 0 Å². The summed E-state index contributed by atoms with van der Waals surface area (Å²) in [5.41, 5.74) is 2.82. The van der Waals surface area contributed by atoms with Crippen molar-refractivity contribution in [2.24, 2.45) is 0 Å². The van der Waals surface area contributed by atoms with Crippen LogP contribution in [0, 0.1) is 0 Å². The van der Waals surface area contributed by atoms with Crippen LogP contribution in [0.25, 0.3) is 0 Å². The maximum atomic E-state index is 4.81. The highest BCUT2D eigenvalue weighted by molar-refractivity contribution is 5.85.